The van der Waals surface area contributed by atoms with Gasteiger partial charge in [0, 0.05) is 11.3 Å². The Bertz CT molecular complexity index is 680. The smallest absolute Gasteiger partial charge is 0.323 e. The molecule has 0 atom stereocenters. The number of aliphatic carboxylic acids is 1. The van der Waals surface area contributed by atoms with Crippen LogP contribution in [0.4, 0.5) is 5.69 Å². The molecule has 0 radical (unpaired) electrons. The third-order valence-electron chi connectivity index (χ3n) is 3.39. The number of carboxylic acid groups (broad SMARTS) is 1. The lowest BCUT2D eigenvalue weighted by Gasteiger charge is -2.21. The van der Waals surface area contributed by atoms with Gasteiger partial charge in [-0.3, -0.25) is 14.5 Å². The van der Waals surface area contributed by atoms with Gasteiger partial charge in [0.15, 0.2) is 0 Å². The number of nitrogens with zero attached hydrogens (tertiary/aromatic N) is 1. The summed E-state index contributed by atoms with van der Waals surface area (Å²) >= 11 is 0. The van der Waals surface area contributed by atoms with E-state index >= 15 is 0 Å². The Morgan fingerprint density at radius 1 is 1.04 bits per heavy atom. The monoisotopic (exact) mass is 327 g/mol. The van der Waals surface area contributed by atoms with Crippen molar-refractivity contribution in [2.75, 3.05) is 11.4 Å². The molecule has 0 aliphatic heterocycles. The maximum Gasteiger partial charge on any atom is 0.323 e. The van der Waals surface area contributed by atoms with E-state index in [1.54, 1.807) is 36.4 Å². The van der Waals surface area contributed by atoms with Crippen molar-refractivity contribution >= 4 is 17.6 Å². The molecule has 0 aliphatic rings. The molecule has 0 spiro atoms. The van der Waals surface area contributed by atoms with E-state index in [-0.39, 0.29) is 18.6 Å². The quantitative estimate of drug-likeness (QED) is 0.847. The molecule has 5 nitrogen and oxygen atoms in total. The number of rotatable bonds is 7. The van der Waals surface area contributed by atoms with Crippen molar-refractivity contribution in [2.45, 2.75) is 26.6 Å². The number of carboxylic acids is 1. The van der Waals surface area contributed by atoms with Gasteiger partial charge >= 0.3 is 5.97 Å². The van der Waals surface area contributed by atoms with E-state index in [1.165, 1.54) is 4.90 Å². The molecule has 24 heavy (non-hydrogen) atoms. The van der Waals surface area contributed by atoms with Crippen LogP contribution in [-0.4, -0.2) is 29.6 Å². The molecule has 2 aromatic rings. The van der Waals surface area contributed by atoms with Gasteiger partial charge in [0.05, 0.1) is 12.7 Å². The van der Waals surface area contributed by atoms with Crippen molar-refractivity contribution < 1.29 is 19.4 Å². The normalized spacial score (nSPS) is 10.6. The number of carbonyl (C=O) groups excluding carboxylic acids is 1. The summed E-state index contributed by atoms with van der Waals surface area (Å²) in [5.41, 5.74) is 1.95. The average Bonchev–Trinajstić information content (AvgIpc) is 2.58. The third-order valence-corrected chi connectivity index (χ3v) is 3.39. The largest absolute Gasteiger partial charge is 0.480 e. The van der Waals surface area contributed by atoms with E-state index in [1.807, 2.05) is 32.0 Å². The van der Waals surface area contributed by atoms with Crippen molar-refractivity contribution in [1.82, 2.24) is 0 Å². The van der Waals surface area contributed by atoms with Crippen LogP contribution < -0.4 is 4.90 Å². The summed E-state index contributed by atoms with van der Waals surface area (Å²) in [4.78, 5) is 25.1. The van der Waals surface area contributed by atoms with Crippen LogP contribution in [0.3, 0.4) is 0 Å². The first-order valence-corrected chi connectivity index (χ1v) is 7.76. The van der Waals surface area contributed by atoms with E-state index in [4.69, 9.17) is 9.84 Å². The van der Waals surface area contributed by atoms with E-state index in [9.17, 15) is 9.59 Å². The molecule has 0 aromatic heterocycles. The van der Waals surface area contributed by atoms with Crippen LogP contribution in [0.2, 0.25) is 0 Å². The second kappa shape index (κ2) is 8.26. The summed E-state index contributed by atoms with van der Waals surface area (Å²) in [6.45, 7) is 4.01. The second-order valence-corrected chi connectivity index (χ2v) is 5.68. The lowest BCUT2D eigenvalue weighted by molar-refractivity contribution is -0.135. The molecule has 126 valence electrons. The summed E-state index contributed by atoms with van der Waals surface area (Å²) in [7, 11) is 0. The maximum absolute atomic E-state index is 12.7. The van der Waals surface area contributed by atoms with Gasteiger partial charge in [-0.15, -0.1) is 0 Å². The topological polar surface area (TPSA) is 66.8 Å². The fourth-order valence-corrected chi connectivity index (χ4v) is 2.19. The number of carbonyl (C=O) groups is 2. The Balaban J connectivity index is 2.18. The summed E-state index contributed by atoms with van der Waals surface area (Å²) < 4.78 is 5.52. The fraction of sp³-hybridized carbons (Fsp3) is 0.263. The molecule has 1 N–H and O–H groups in total. The highest BCUT2D eigenvalue weighted by Gasteiger charge is 2.20. The van der Waals surface area contributed by atoms with Crippen LogP contribution in [0.15, 0.2) is 54.6 Å². The zero-order valence-corrected chi connectivity index (χ0v) is 13.8. The lowest BCUT2D eigenvalue weighted by atomic mass is 10.1. The Labute approximate surface area is 141 Å². The number of hydrogen-bond acceptors (Lipinski definition) is 3. The van der Waals surface area contributed by atoms with Crippen LogP contribution in [0.1, 0.15) is 29.8 Å². The molecule has 0 fully saturated rings. The number of anilines is 1. The molecular weight excluding hydrogens is 306 g/mol. The maximum atomic E-state index is 12.7. The number of para-hydroxylation sites is 1. The summed E-state index contributed by atoms with van der Waals surface area (Å²) in [6, 6.07) is 15.8. The zero-order valence-electron chi connectivity index (χ0n) is 13.8. The van der Waals surface area contributed by atoms with Crippen LogP contribution in [0.25, 0.3) is 0 Å². The fourth-order valence-electron chi connectivity index (χ4n) is 2.19. The summed E-state index contributed by atoms with van der Waals surface area (Å²) in [5, 5.41) is 9.10. The van der Waals surface area contributed by atoms with E-state index in [0.29, 0.717) is 17.9 Å². The van der Waals surface area contributed by atoms with Gasteiger partial charge in [-0.05, 0) is 43.7 Å². The van der Waals surface area contributed by atoms with Gasteiger partial charge in [0.25, 0.3) is 5.91 Å². The molecule has 0 saturated heterocycles. The lowest BCUT2D eigenvalue weighted by Crippen LogP contribution is -2.35. The Morgan fingerprint density at radius 2 is 1.67 bits per heavy atom. The highest BCUT2D eigenvalue weighted by Crippen LogP contribution is 2.17. The molecule has 0 bridgehead atoms. The number of benzene rings is 2. The van der Waals surface area contributed by atoms with Crippen molar-refractivity contribution in [1.29, 1.82) is 0 Å². The second-order valence-electron chi connectivity index (χ2n) is 5.68. The summed E-state index contributed by atoms with van der Waals surface area (Å²) in [6.07, 6.45) is 0.135. The average molecular weight is 327 g/mol. The molecule has 0 heterocycles. The Kier molecular flexibility index (Phi) is 6.09. The van der Waals surface area contributed by atoms with Crippen molar-refractivity contribution in [3.63, 3.8) is 0 Å². The predicted octanol–water partition coefficient (Wildman–Crippen LogP) is 3.34. The number of ether oxygens (including phenoxy) is 1. The third kappa shape index (κ3) is 4.93. The van der Waals surface area contributed by atoms with Gasteiger partial charge in [-0.1, -0.05) is 30.3 Å². The van der Waals surface area contributed by atoms with E-state index < -0.39 is 5.97 Å². The Hall–Kier alpha value is -2.66. The molecule has 0 aliphatic carbocycles. The van der Waals surface area contributed by atoms with Crippen molar-refractivity contribution in [3.05, 3.63) is 65.7 Å². The molecule has 1 amide bonds. The minimum Gasteiger partial charge on any atom is -0.480 e. The first kappa shape index (κ1) is 17.7. The van der Waals surface area contributed by atoms with Crippen molar-refractivity contribution in [2.24, 2.45) is 0 Å². The minimum atomic E-state index is -1.06. The van der Waals surface area contributed by atoms with Crippen LogP contribution in [0.5, 0.6) is 0 Å². The number of hydrogen-bond donors (Lipinski definition) is 1. The highest BCUT2D eigenvalue weighted by atomic mass is 16.5. The molecule has 0 saturated carbocycles. The summed E-state index contributed by atoms with van der Waals surface area (Å²) in [5.74, 6) is -1.41. The first-order chi connectivity index (χ1) is 11.5. The van der Waals surface area contributed by atoms with Gasteiger partial charge in [-0.2, -0.15) is 0 Å². The molecule has 5 heteroatoms. The van der Waals surface area contributed by atoms with Gasteiger partial charge in [0.1, 0.15) is 6.54 Å². The standard InChI is InChI=1S/C19H21NO4/c1-14(2)24-13-15-8-10-16(11-9-15)19(23)20(12-18(21)22)17-6-4-3-5-7-17/h3-11,14H,12-13H2,1-2H3,(H,21,22). The predicted molar refractivity (Wildman–Crippen MR) is 92.1 cm³/mol. The van der Waals surface area contributed by atoms with Crippen LogP contribution in [0, 0.1) is 0 Å². The molecule has 2 rings (SSSR count). The molecule has 0 unspecified atom stereocenters. The van der Waals surface area contributed by atoms with Gasteiger partial charge in [0.2, 0.25) is 0 Å². The van der Waals surface area contributed by atoms with E-state index in [2.05, 4.69) is 0 Å². The minimum absolute atomic E-state index is 0.135. The number of amides is 1. The molecule has 2 aromatic carbocycles. The van der Waals surface area contributed by atoms with Crippen molar-refractivity contribution in [3.8, 4) is 0 Å². The highest BCUT2D eigenvalue weighted by molar-refractivity contribution is 6.08. The zero-order chi connectivity index (χ0) is 17.5. The van der Waals surface area contributed by atoms with Gasteiger partial charge in [-0.25, -0.2) is 0 Å². The molecular formula is C19H21NO4. The first-order valence-electron chi connectivity index (χ1n) is 7.76. The van der Waals surface area contributed by atoms with Gasteiger partial charge < -0.3 is 9.84 Å². The SMILES string of the molecule is CC(C)OCc1ccc(C(=O)N(CC(=O)O)c2ccccc2)cc1. The Morgan fingerprint density at radius 3 is 2.21 bits per heavy atom. The van der Waals surface area contributed by atoms with Crippen LogP contribution in [-0.2, 0) is 16.1 Å². The van der Waals surface area contributed by atoms with Crippen LogP contribution >= 0.6 is 0 Å². The van der Waals surface area contributed by atoms with E-state index in [0.717, 1.165) is 5.56 Å².